The summed E-state index contributed by atoms with van der Waals surface area (Å²) in [5.74, 6) is 1.80. The van der Waals surface area contributed by atoms with Crippen LogP contribution in [0.25, 0.3) is 0 Å². The highest BCUT2D eigenvalue weighted by Gasteiger charge is 2.25. The zero-order chi connectivity index (χ0) is 14.5. The standard InChI is InChI=1S/C15H30N4/c1-7-15(6,10-16-9-12(2)3)8-14-17-11-18-19(14)13(4)5/h11-13,16H,7-10H2,1-6H3. The fourth-order valence-electron chi connectivity index (χ4n) is 2.19. The Morgan fingerprint density at radius 2 is 2.00 bits per heavy atom. The molecule has 1 atom stereocenters. The summed E-state index contributed by atoms with van der Waals surface area (Å²) in [6.07, 6.45) is 3.79. The molecule has 0 amide bonds. The van der Waals surface area contributed by atoms with Crippen LogP contribution in [0.5, 0.6) is 0 Å². The van der Waals surface area contributed by atoms with Crippen LogP contribution in [0.15, 0.2) is 6.33 Å². The van der Waals surface area contributed by atoms with E-state index in [0.29, 0.717) is 12.0 Å². The van der Waals surface area contributed by atoms with E-state index in [4.69, 9.17) is 0 Å². The number of hydrogen-bond donors (Lipinski definition) is 1. The van der Waals surface area contributed by atoms with Crippen LogP contribution in [-0.2, 0) is 6.42 Å². The molecule has 1 N–H and O–H groups in total. The predicted octanol–water partition coefficient (Wildman–Crippen LogP) is 3.06. The molecule has 1 unspecified atom stereocenters. The highest BCUT2D eigenvalue weighted by Crippen LogP contribution is 2.25. The van der Waals surface area contributed by atoms with Crippen LogP contribution in [0.2, 0.25) is 0 Å². The van der Waals surface area contributed by atoms with Gasteiger partial charge in [-0.25, -0.2) is 9.67 Å². The number of aromatic nitrogens is 3. The first-order valence-corrected chi connectivity index (χ1v) is 7.47. The van der Waals surface area contributed by atoms with Crippen LogP contribution in [0.3, 0.4) is 0 Å². The second kappa shape index (κ2) is 7.04. The normalized spacial score (nSPS) is 15.2. The molecular weight excluding hydrogens is 236 g/mol. The van der Waals surface area contributed by atoms with Crippen LogP contribution in [0, 0.1) is 11.3 Å². The summed E-state index contributed by atoms with van der Waals surface area (Å²) in [5.41, 5.74) is 0.245. The molecule has 19 heavy (non-hydrogen) atoms. The zero-order valence-electron chi connectivity index (χ0n) is 13.4. The Morgan fingerprint density at radius 3 is 2.53 bits per heavy atom. The van der Waals surface area contributed by atoms with Gasteiger partial charge >= 0.3 is 0 Å². The fraction of sp³-hybridized carbons (Fsp3) is 0.867. The lowest BCUT2D eigenvalue weighted by Gasteiger charge is -2.29. The van der Waals surface area contributed by atoms with Gasteiger partial charge in [-0.2, -0.15) is 5.10 Å². The van der Waals surface area contributed by atoms with E-state index < -0.39 is 0 Å². The molecular formula is C15H30N4. The largest absolute Gasteiger partial charge is 0.316 e. The van der Waals surface area contributed by atoms with Crippen molar-refractivity contribution in [3.8, 4) is 0 Å². The minimum Gasteiger partial charge on any atom is -0.316 e. The molecule has 0 aliphatic carbocycles. The topological polar surface area (TPSA) is 42.7 Å². The van der Waals surface area contributed by atoms with Crippen molar-refractivity contribution in [2.45, 2.75) is 60.4 Å². The minimum atomic E-state index is 0.245. The number of nitrogens with zero attached hydrogens (tertiary/aromatic N) is 3. The molecule has 1 heterocycles. The van der Waals surface area contributed by atoms with Crippen LogP contribution in [-0.4, -0.2) is 27.9 Å². The Labute approximate surface area is 118 Å². The Kier molecular flexibility index (Phi) is 5.98. The highest BCUT2D eigenvalue weighted by molar-refractivity contribution is 4.94. The average Bonchev–Trinajstić information content (AvgIpc) is 2.76. The average molecular weight is 266 g/mol. The maximum atomic E-state index is 4.44. The van der Waals surface area contributed by atoms with E-state index in [0.717, 1.165) is 31.8 Å². The van der Waals surface area contributed by atoms with E-state index in [1.165, 1.54) is 0 Å². The molecule has 0 bridgehead atoms. The zero-order valence-corrected chi connectivity index (χ0v) is 13.4. The molecule has 1 rings (SSSR count). The highest BCUT2D eigenvalue weighted by atomic mass is 15.3. The molecule has 4 heteroatoms. The second-order valence-electron chi connectivity index (χ2n) is 6.58. The van der Waals surface area contributed by atoms with Crippen molar-refractivity contribution < 1.29 is 0 Å². The van der Waals surface area contributed by atoms with E-state index in [2.05, 4.69) is 56.9 Å². The number of nitrogens with one attached hydrogen (secondary N) is 1. The summed E-state index contributed by atoms with van der Waals surface area (Å²) >= 11 is 0. The van der Waals surface area contributed by atoms with Crippen molar-refractivity contribution in [1.82, 2.24) is 20.1 Å². The quantitative estimate of drug-likeness (QED) is 0.786. The maximum Gasteiger partial charge on any atom is 0.138 e. The molecule has 4 nitrogen and oxygen atoms in total. The SMILES string of the molecule is CCC(C)(CNCC(C)C)Cc1ncnn1C(C)C. The molecule has 0 saturated heterocycles. The summed E-state index contributed by atoms with van der Waals surface area (Å²) in [6.45, 7) is 15.5. The van der Waals surface area contributed by atoms with Crippen molar-refractivity contribution in [2.24, 2.45) is 11.3 Å². The van der Waals surface area contributed by atoms with E-state index in [9.17, 15) is 0 Å². The maximum absolute atomic E-state index is 4.44. The van der Waals surface area contributed by atoms with Gasteiger partial charge in [0.05, 0.1) is 0 Å². The van der Waals surface area contributed by atoms with E-state index >= 15 is 0 Å². The summed E-state index contributed by atoms with van der Waals surface area (Å²) in [5, 5.41) is 7.91. The van der Waals surface area contributed by atoms with Crippen molar-refractivity contribution >= 4 is 0 Å². The van der Waals surface area contributed by atoms with Gasteiger partial charge in [0.25, 0.3) is 0 Å². The first-order valence-electron chi connectivity index (χ1n) is 7.47. The van der Waals surface area contributed by atoms with Crippen LogP contribution in [0.1, 0.15) is 59.8 Å². The Morgan fingerprint density at radius 1 is 1.32 bits per heavy atom. The Hall–Kier alpha value is -0.900. The molecule has 0 spiro atoms. The Bertz CT molecular complexity index is 370. The van der Waals surface area contributed by atoms with Crippen LogP contribution < -0.4 is 5.32 Å². The molecule has 0 radical (unpaired) electrons. The van der Waals surface area contributed by atoms with Gasteiger partial charge in [0, 0.05) is 19.0 Å². The van der Waals surface area contributed by atoms with Crippen molar-refractivity contribution in [2.75, 3.05) is 13.1 Å². The van der Waals surface area contributed by atoms with Gasteiger partial charge in [0.2, 0.25) is 0 Å². The molecule has 0 fully saturated rings. The van der Waals surface area contributed by atoms with E-state index in [1.54, 1.807) is 6.33 Å². The van der Waals surface area contributed by atoms with Gasteiger partial charge in [-0.05, 0) is 38.1 Å². The van der Waals surface area contributed by atoms with Crippen molar-refractivity contribution in [3.63, 3.8) is 0 Å². The third kappa shape index (κ3) is 4.94. The minimum absolute atomic E-state index is 0.245. The first kappa shape index (κ1) is 16.2. The molecule has 0 aliphatic rings. The van der Waals surface area contributed by atoms with Gasteiger partial charge in [0.1, 0.15) is 12.2 Å². The van der Waals surface area contributed by atoms with E-state index in [1.807, 2.05) is 4.68 Å². The monoisotopic (exact) mass is 266 g/mol. The Balaban J connectivity index is 2.66. The first-order chi connectivity index (χ1) is 8.88. The van der Waals surface area contributed by atoms with Crippen molar-refractivity contribution in [3.05, 3.63) is 12.2 Å². The fourth-order valence-corrected chi connectivity index (χ4v) is 2.19. The van der Waals surface area contributed by atoms with Crippen molar-refractivity contribution in [1.29, 1.82) is 0 Å². The second-order valence-corrected chi connectivity index (χ2v) is 6.58. The molecule has 1 aromatic heterocycles. The third-order valence-corrected chi connectivity index (χ3v) is 3.68. The molecule has 0 saturated carbocycles. The van der Waals surface area contributed by atoms with Gasteiger partial charge in [-0.15, -0.1) is 0 Å². The summed E-state index contributed by atoms with van der Waals surface area (Å²) in [7, 11) is 0. The van der Waals surface area contributed by atoms with Gasteiger partial charge in [-0.1, -0.05) is 27.7 Å². The summed E-state index contributed by atoms with van der Waals surface area (Å²) in [4.78, 5) is 4.44. The lowest BCUT2D eigenvalue weighted by atomic mass is 9.83. The van der Waals surface area contributed by atoms with Gasteiger partial charge in [0.15, 0.2) is 0 Å². The third-order valence-electron chi connectivity index (χ3n) is 3.68. The smallest absolute Gasteiger partial charge is 0.138 e. The molecule has 1 aromatic rings. The van der Waals surface area contributed by atoms with Gasteiger partial charge < -0.3 is 5.32 Å². The lowest BCUT2D eigenvalue weighted by Crippen LogP contribution is -2.36. The number of hydrogen-bond acceptors (Lipinski definition) is 3. The molecule has 110 valence electrons. The predicted molar refractivity (Wildman–Crippen MR) is 80.2 cm³/mol. The van der Waals surface area contributed by atoms with Crippen LogP contribution >= 0.6 is 0 Å². The summed E-state index contributed by atoms with van der Waals surface area (Å²) < 4.78 is 2.04. The van der Waals surface area contributed by atoms with E-state index in [-0.39, 0.29) is 5.41 Å². The molecule has 0 aromatic carbocycles. The molecule has 0 aliphatic heterocycles. The number of rotatable bonds is 8. The van der Waals surface area contributed by atoms with Gasteiger partial charge in [-0.3, -0.25) is 0 Å². The van der Waals surface area contributed by atoms with Crippen LogP contribution in [0.4, 0.5) is 0 Å². The summed E-state index contributed by atoms with van der Waals surface area (Å²) in [6, 6.07) is 0.377. The lowest BCUT2D eigenvalue weighted by molar-refractivity contribution is 0.272.